The molecule has 0 aromatic carbocycles. The van der Waals surface area contributed by atoms with E-state index in [0.717, 1.165) is 36.8 Å². The van der Waals surface area contributed by atoms with Gasteiger partial charge in [0.15, 0.2) is 17.4 Å². The van der Waals surface area contributed by atoms with Crippen LogP contribution in [0.4, 0.5) is 0 Å². The lowest BCUT2D eigenvalue weighted by atomic mass is 9.82. The van der Waals surface area contributed by atoms with E-state index >= 15 is 0 Å². The van der Waals surface area contributed by atoms with Gasteiger partial charge in [0.1, 0.15) is 36.6 Å². The van der Waals surface area contributed by atoms with Gasteiger partial charge in [-0.2, -0.15) is 0 Å². The summed E-state index contributed by atoms with van der Waals surface area (Å²) in [5.74, 6) is -3.37. The average Bonchev–Trinajstić information content (AvgIpc) is 4.44. The van der Waals surface area contributed by atoms with Crippen LogP contribution in [0.2, 0.25) is 0 Å². The molecule has 6 N–H and O–H groups in total. The molecule has 17 aliphatic heterocycles. The second kappa shape index (κ2) is 19.4. The summed E-state index contributed by atoms with van der Waals surface area (Å²) in [5.41, 5.74) is 15.7. The monoisotopic (exact) mass is 1100 g/mol. The summed E-state index contributed by atoms with van der Waals surface area (Å²) in [6.45, 7) is 8.88. The standard InChI is InChI=1S/C57H80N2O19/c1-24-11-28-7-9-56-21-46-51(77-56)52-53(71-46)54(78-56)50-35(70-52)6-4-27(66-50)13-47(62)69-40-15-38-39(67-37(40)14-36-25(2)30(58)12-26(65-36)3-5-33(24)64-28)16-41-44(68-38)19-57(74-41)20-45-34(73-57)8-10-55(76-45)18-31(59)49-43(75-55)17-42-48(72-49)29(23-63-42)32(61)22-60/h26-46,48-54,60-61H,1-23,58-59H2/t26-,27+,28-,29+,30+,31-,32-,33-,34-,35-,36+,37-,38?,39-,40+,41+,42+,43-,44?,45-,46+,48+,49-,50-,51?,52-,53+,54-,55-,56-,57+/m0/s1. The van der Waals surface area contributed by atoms with E-state index < -0.39 is 60.1 Å². The molecule has 17 heterocycles. The minimum Gasteiger partial charge on any atom is -0.459 e. The van der Waals surface area contributed by atoms with E-state index in [9.17, 15) is 15.0 Å². The van der Waals surface area contributed by atoms with Crippen molar-refractivity contribution in [1.82, 2.24) is 0 Å². The molecule has 17 aliphatic rings. The van der Waals surface area contributed by atoms with Crippen molar-refractivity contribution in [3.8, 4) is 0 Å². The van der Waals surface area contributed by atoms with Crippen LogP contribution in [0, 0.1) is 5.92 Å². The first-order valence-electron chi connectivity index (χ1n) is 30.0. The number of fused-ring (bicyclic) bond motifs is 11. The molecule has 31 atom stereocenters. The van der Waals surface area contributed by atoms with Gasteiger partial charge in [-0.3, -0.25) is 4.79 Å². The molecule has 0 amide bonds. The maximum Gasteiger partial charge on any atom is 0.308 e. The van der Waals surface area contributed by atoms with Gasteiger partial charge in [0.05, 0.1) is 136 Å². The average molecular weight is 1100 g/mol. The van der Waals surface area contributed by atoms with Crippen molar-refractivity contribution in [2.75, 3.05) is 13.2 Å². The quantitative estimate of drug-likeness (QED) is 0.228. The highest BCUT2D eigenvalue weighted by atomic mass is 16.8. The Balaban J connectivity index is 0.614. The fourth-order valence-electron chi connectivity index (χ4n) is 17.7. The van der Waals surface area contributed by atoms with E-state index in [1.54, 1.807) is 0 Å². The minimum atomic E-state index is -0.928. The number of aliphatic hydroxyl groups excluding tert-OH is 2. The first kappa shape index (κ1) is 51.8. The van der Waals surface area contributed by atoms with Gasteiger partial charge in [-0.25, -0.2) is 0 Å². The van der Waals surface area contributed by atoms with Crippen LogP contribution in [-0.2, 0) is 80.6 Å². The molecule has 3 spiro atoms. The van der Waals surface area contributed by atoms with Crippen LogP contribution in [0.25, 0.3) is 0 Å². The van der Waals surface area contributed by atoms with E-state index in [-0.39, 0.29) is 147 Å². The normalized spacial score (nSPS) is 58.2. The van der Waals surface area contributed by atoms with Gasteiger partial charge in [-0.15, -0.1) is 0 Å². The second-order valence-corrected chi connectivity index (χ2v) is 26.5. The summed E-state index contributed by atoms with van der Waals surface area (Å²) in [6.07, 6.45) is 2.86. The first-order valence-corrected chi connectivity index (χ1v) is 30.0. The molecule has 0 radical (unpaired) electrons. The van der Waals surface area contributed by atoms with Gasteiger partial charge >= 0.3 is 5.97 Å². The number of rotatable bonds is 2. The summed E-state index contributed by atoms with van der Waals surface area (Å²) < 4.78 is 109. The molecule has 21 heteroatoms. The third-order valence-electron chi connectivity index (χ3n) is 21.5. The number of carbonyl (C=O) groups is 1. The predicted molar refractivity (Wildman–Crippen MR) is 265 cm³/mol. The molecule has 3 unspecified atom stereocenters. The topological polar surface area (TPSA) is 257 Å². The molecular formula is C57H80N2O19. The Labute approximate surface area is 454 Å². The van der Waals surface area contributed by atoms with Gasteiger partial charge in [0.2, 0.25) is 0 Å². The molecule has 21 nitrogen and oxygen atoms in total. The van der Waals surface area contributed by atoms with Crippen molar-refractivity contribution >= 4 is 5.97 Å². The van der Waals surface area contributed by atoms with E-state index in [4.69, 9.17) is 87.3 Å². The SMILES string of the molecule is C=C1C[C@@H]2CC[C@@]34C[C@H]5O[C@H]6[C@@H](O3)[C@H]3O[C@H](CC[C@@H]3O[C@H]6C5O4)CC(=O)O[C@@H]3CC4OC5C[C@]6(C[C@@H]7O[C@@]8(CC[C@@H]7O6)C[C@H](N)[C@@H]6O[C@@H]7[C@@H]([C@@H](O)CO)CO[C@@H]7C[C@@H]6O8)O[C@@H]5C[C@@H]4O[C@H]3C[C@H]3O[C@@H](CC[C@@H]1O2)C[C@@H](N)C3=C. The zero-order valence-electron chi connectivity index (χ0n) is 44.4. The molecule has 17 rings (SSSR count). The zero-order chi connectivity index (χ0) is 52.6. The summed E-state index contributed by atoms with van der Waals surface area (Å²) in [4.78, 5) is 14.4. The zero-order valence-corrected chi connectivity index (χ0v) is 44.4. The minimum absolute atomic E-state index is 0.00676. The highest BCUT2D eigenvalue weighted by Crippen LogP contribution is 2.57. The van der Waals surface area contributed by atoms with Gasteiger partial charge in [0, 0.05) is 82.2 Å². The molecule has 0 aromatic heterocycles. The van der Waals surface area contributed by atoms with Crippen LogP contribution in [0.5, 0.6) is 0 Å². The van der Waals surface area contributed by atoms with Crippen LogP contribution >= 0.6 is 0 Å². The molecule has 78 heavy (non-hydrogen) atoms. The Morgan fingerprint density at radius 2 is 1.18 bits per heavy atom. The van der Waals surface area contributed by atoms with Crippen molar-refractivity contribution in [3.63, 3.8) is 0 Å². The molecule has 12 bridgehead atoms. The van der Waals surface area contributed by atoms with Crippen LogP contribution < -0.4 is 11.5 Å². The maximum absolute atomic E-state index is 14.4. The summed E-state index contributed by atoms with van der Waals surface area (Å²) >= 11 is 0. The number of carbonyl (C=O) groups excluding carboxylic acids is 1. The van der Waals surface area contributed by atoms with Gasteiger partial charge in [-0.05, 0) is 62.5 Å². The Bertz CT molecular complexity index is 2350. The number of aliphatic hydroxyl groups is 2. The van der Waals surface area contributed by atoms with Crippen molar-refractivity contribution in [1.29, 1.82) is 0 Å². The first-order chi connectivity index (χ1) is 37.7. The molecule has 17 saturated heterocycles. The number of esters is 1. The molecule has 0 aromatic rings. The fourth-order valence-corrected chi connectivity index (χ4v) is 17.7. The lowest BCUT2D eigenvalue weighted by Crippen LogP contribution is -2.65. The van der Waals surface area contributed by atoms with Crippen molar-refractivity contribution < 1.29 is 90.8 Å². The maximum atomic E-state index is 14.4. The van der Waals surface area contributed by atoms with Gasteiger partial charge in [-0.1, -0.05) is 13.2 Å². The van der Waals surface area contributed by atoms with E-state index in [1.807, 2.05) is 0 Å². The van der Waals surface area contributed by atoms with E-state index in [0.29, 0.717) is 96.5 Å². The third kappa shape index (κ3) is 8.74. The number of nitrogens with two attached hydrogens (primary N) is 2. The number of hydrogen-bond donors (Lipinski definition) is 4. The van der Waals surface area contributed by atoms with Crippen LogP contribution in [-0.4, -0.2) is 211 Å². The Morgan fingerprint density at radius 1 is 0.500 bits per heavy atom. The van der Waals surface area contributed by atoms with Crippen LogP contribution in [0.15, 0.2) is 24.3 Å². The summed E-state index contributed by atoms with van der Waals surface area (Å²) in [5, 5.41) is 20.1. The highest BCUT2D eigenvalue weighted by molar-refractivity contribution is 5.70. The second-order valence-electron chi connectivity index (χ2n) is 26.5. The van der Waals surface area contributed by atoms with Gasteiger partial charge in [0.25, 0.3) is 0 Å². The van der Waals surface area contributed by atoms with Crippen molar-refractivity contribution in [2.45, 2.75) is 304 Å². The molecule has 432 valence electrons. The number of hydrogen-bond acceptors (Lipinski definition) is 21. The highest BCUT2D eigenvalue weighted by Gasteiger charge is 2.69. The Morgan fingerprint density at radius 3 is 2.06 bits per heavy atom. The molecule has 0 saturated carbocycles. The molecule has 17 fully saturated rings. The van der Waals surface area contributed by atoms with Crippen LogP contribution in [0.3, 0.4) is 0 Å². The predicted octanol–water partition coefficient (Wildman–Crippen LogP) is 2.08. The van der Waals surface area contributed by atoms with Crippen molar-refractivity contribution in [2.24, 2.45) is 17.4 Å². The summed E-state index contributed by atoms with van der Waals surface area (Å²) in [7, 11) is 0. The fraction of sp³-hybridized carbons (Fsp3) is 0.912. The summed E-state index contributed by atoms with van der Waals surface area (Å²) in [6, 6.07) is -0.637. The van der Waals surface area contributed by atoms with E-state index in [1.165, 1.54) is 0 Å². The lowest BCUT2D eigenvalue weighted by molar-refractivity contribution is -0.356. The molecule has 0 aliphatic carbocycles. The third-order valence-corrected chi connectivity index (χ3v) is 21.5. The Kier molecular flexibility index (Phi) is 12.9. The number of ether oxygens (including phenoxy) is 16. The van der Waals surface area contributed by atoms with Gasteiger partial charge < -0.3 is 97.5 Å². The smallest absolute Gasteiger partial charge is 0.308 e. The Hall–Kier alpha value is -1.81. The van der Waals surface area contributed by atoms with Crippen molar-refractivity contribution in [3.05, 3.63) is 24.3 Å². The molecular weight excluding hydrogens is 1020 g/mol. The van der Waals surface area contributed by atoms with E-state index in [2.05, 4.69) is 13.2 Å². The lowest BCUT2D eigenvalue weighted by Gasteiger charge is -2.53. The largest absolute Gasteiger partial charge is 0.459 e. The van der Waals surface area contributed by atoms with Crippen LogP contribution in [0.1, 0.15) is 122 Å².